The number of methoxy groups -OCH3 is 1. The molecular weight excluding hydrogens is 399 g/mol. The number of hydrogen-bond donors (Lipinski definition) is 1. The first kappa shape index (κ1) is 22.2. The standard InChI is InChI=1S/C21H24N2O4S.Na/c1-27-17-8-2-5-14(11-17)13-28(25,26)23-21(24)22-20-18-9-3-6-15(18)12-16-7-4-10-19(16)20;/h2,5,8,11-12H,3-4,6-7,9-10,13H2,1H3,(H2,22,23,24);/q;+1/p-1. The Hall–Kier alpha value is -1.54. The fraction of sp³-hybridized carbons (Fsp3) is 0.381. The smallest absolute Gasteiger partial charge is 0.497 e. The van der Waals surface area contributed by atoms with Crippen molar-refractivity contribution in [1.82, 2.24) is 0 Å². The van der Waals surface area contributed by atoms with Crippen LogP contribution < -0.4 is 39.6 Å². The second-order valence-corrected chi connectivity index (χ2v) is 8.97. The number of fused-ring (bicyclic) bond motifs is 2. The normalized spacial score (nSPS) is 14.5. The second kappa shape index (κ2) is 9.08. The van der Waals surface area contributed by atoms with Crippen molar-refractivity contribution in [3.63, 3.8) is 0 Å². The average Bonchev–Trinajstić information content (AvgIpc) is 3.29. The van der Waals surface area contributed by atoms with Crippen molar-refractivity contribution in [2.45, 2.75) is 44.3 Å². The first-order valence-electron chi connectivity index (χ1n) is 9.51. The van der Waals surface area contributed by atoms with Gasteiger partial charge in [0.25, 0.3) is 0 Å². The number of carbonyl (C=O) groups is 1. The van der Waals surface area contributed by atoms with Crippen LogP contribution in [0.2, 0.25) is 0 Å². The number of hydrogen-bond acceptors (Lipinski definition) is 4. The first-order valence-corrected chi connectivity index (χ1v) is 11.1. The van der Waals surface area contributed by atoms with E-state index in [1.165, 1.54) is 18.2 Å². The molecule has 2 aromatic carbocycles. The van der Waals surface area contributed by atoms with E-state index in [0.717, 1.165) is 55.3 Å². The van der Waals surface area contributed by atoms with Crippen molar-refractivity contribution in [2.24, 2.45) is 0 Å². The number of nitrogens with zero attached hydrogens (tertiary/aromatic N) is 1. The van der Waals surface area contributed by atoms with Crippen LogP contribution in [0.15, 0.2) is 30.3 Å². The topological polar surface area (TPSA) is 86.6 Å². The fourth-order valence-corrected chi connectivity index (χ4v) is 5.19. The molecule has 4 rings (SSSR count). The summed E-state index contributed by atoms with van der Waals surface area (Å²) in [6, 6.07) is 8.18. The summed E-state index contributed by atoms with van der Waals surface area (Å²) in [5.41, 5.74) is 6.17. The average molecular weight is 422 g/mol. The van der Waals surface area contributed by atoms with Crippen molar-refractivity contribution in [2.75, 3.05) is 12.4 Å². The third kappa shape index (κ3) is 4.97. The van der Waals surface area contributed by atoms with Gasteiger partial charge in [-0.15, -0.1) is 0 Å². The Morgan fingerprint density at radius 2 is 1.72 bits per heavy atom. The zero-order valence-electron chi connectivity index (χ0n) is 16.8. The Morgan fingerprint density at radius 1 is 1.07 bits per heavy atom. The summed E-state index contributed by atoms with van der Waals surface area (Å²) in [5, 5.41) is 2.80. The van der Waals surface area contributed by atoms with Crippen LogP contribution in [0.25, 0.3) is 4.72 Å². The van der Waals surface area contributed by atoms with E-state index in [0.29, 0.717) is 11.3 Å². The summed E-state index contributed by atoms with van der Waals surface area (Å²) in [6.45, 7) is 0. The van der Waals surface area contributed by atoms with Gasteiger partial charge in [-0.2, -0.15) is 0 Å². The zero-order valence-corrected chi connectivity index (χ0v) is 19.6. The molecule has 0 radical (unpaired) electrons. The maximum Gasteiger partial charge on any atom is 1.00 e. The number of aryl methyl sites for hydroxylation is 2. The minimum atomic E-state index is -3.95. The van der Waals surface area contributed by atoms with Crippen molar-refractivity contribution in [3.8, 4) is 5.75 Å². The number of anilines is 1. The van der Waals surface area contributed by atoms with E-state index >= 15 is 0 Å². The molecule has 0 aliphatic heterocycles. The summed E-state index contributed by atoms with van der Waals surface area (Å²) in [4.78, 5) is 12.5. The number of sulfonamides is 1. The molecule has 0 bridgehead atoms. The third-order valence-electron chi connectivity index (χ3n) is 5.41. The molecule has 29 heavy (non-hydrogen) atoms. The Labute approximate surface area is 193 Å². The predicted octanol–water partition coefficient (Wildman–Crippen LogP) is 1.11. The minimum Gasteiger partial charge on any atom is -0.497 e. The van der Waals surface area contributed by atoms with Gasteiger partial charge in [0.15, 0.2) is 16.1 Å². The van der Waals surface area contributed by atoms with Crippen molar-refractivity contribution in [1.29, 1.82) is 0 Å². The van der Waals surface area contributed by atoms with E-state index in [9.17, 15) is 13.2 Å². The molecule has 2 amide bonds. The molecule has 0 atom stereocenters. The molecule has 0 saturated carbocycles. The third-order valence-corrected chi connectivity index (χ3v) is 6.55. The number of urea groups is 1. The molecule has 6 nitrogen and oxygen atoms in total. The van der Waals surface area contributed by atoms with Gasteiger partial charge < -0.3 is 14.8 Å². The van der Waals surface area contributed by atoms with Gasteiger partial charge in [0.2, 0.25) is 0 Å². The summed E-state index contributed by atoms with van der Waals surface area (Å²) >= 11 is 0. The molecule has 1 N–H and O–H groups in total. The van der Waals surface area contributed by atoms with Crippen LogP contribution in [0.1, 0.15) is 40.7 Å². The number of rotatable bonds is 5. The second-order valence-electron chi connectivity index (χ2n) is 7.33. The van der Waals surface area contributed by atoms with Crippen LogP contribution in [0.3, 0.4) is 0 Å². The fourth-order valence-electron chi connectivity index (χ4n) is 4.23. The van der Waals surface area contributed by atoms with Gasteiger partial charge in [0.05, 0.1) is 12.9 Å². The summed E-state index contributed by atoms with van der Waals surface area (Å²) in [7, 11) is -2.43. The molecule has 0 heterocycles. The number of amides is 2. The maximum absolute atomic E-state index is 12.5. The van der Waals surface area contributed by atoms with Gasteiger partial charge in [-0.25, -0.2) is 8.42 Å². The molecule has 0 fully saturated rings. The van der Waals surface area contributed by atoms with Crippen molar-refractivity contribution >= 4 is 21.7 Å². The van der Waals surface area contributed by atoms with Crippen LogP contribution in [-0.2, 0) is 41.5 Å². The Bertz CT molecular complexity index is 1000. The van der Waals surface area contributed by atoms with E-state index in [4.69, 9.17) is 4.74 Å². The zero-order chi connectivity index (χ0) is 19.7. The van der Waals surface area contributed by atoms with Gasteiger partial charge in [-0.1, -0.05) is 18.2 Å². The molecular formula is C21H23N2NaO4S. The molecule has 148 valence electrons. The molecule has 2 aliphatic rings. The van der Waals surface area contributed by atoms with Gasteiger partial charge in [-0.05, 0) is 84.2 Å². The Morgan fingerprint density at radius 3 is 2.34 bits per heavy atom. The monoisotopic (exact) mass is 422 g/mol. The van der Waals surface area contributed by atoms with Crippen LogP contribution >= 0.6 is 0 Å². The molecule has 2 aromatic rings. The van der Waals surface area contributed by atoms with E-state index in [1.807, 2.05) is 0 Å². The SMILES string of the molecule is COc1cccc(CS(=O)(=O)[N-]C(=O)Nc2c3c(cc4c2CCC4)CCC3)c1.[Na+]. The van der Waals surface area contributed by atoms with Gasteiger partial charge >= 0.3 is 29.6 Å². The summed E-state index contributed by atoms with van der Waals surface area (Å²) in [6.07, 6.45) is 5.97. The number of carbonyl (C=O) groups excluding carboxylic acids is 1. The number of ether oxygens (including phenoxy) is 1. The van der Waals surface area contributed by atoms with E-state index < -0.39 is 16.1 Å². The molecule has 8 heteroatoms. The van der Waals surface area contributed by atoms with Crippen LogP contribution in [0.5, 0.6) is 5.75 Å². The number of benzene rings is 2. The van der Waals surface area contributed by atoms with Crippen LogP contribution in [-0.4, -0.2) is 21.6 Å². The molecule has 2 aliphatic carbocycles. The van der Waals surface area contributed by atoms with Crippen molar-refractivity contribution < 1.29 is 47.5 Å². The summed E-state index contributed by atoms with van der Waals surface area (Å²) in [5.74, 6) is 0.218. The van der Waals surface area contributed by atoms with Crippen LogP contribution in [0.4, 0.5) is 10.5 Å². The summed E-state index contributed by atoms with van der Waals surface area (Å²) < 4.78 is 33.4. The largest absolute Gasteiger partial charge is 1.00 e. The van der Waals surface area contributed by atoms with Gasteiger partial charge in [-0.3, -0.25) is 4.79 Å². The maximum atomic E-state index is 12.5. The Balaban J connectivity index is 0.00000240. The van der Waals surface area contributed by atoms with E-state index in [1.54, 1.807) is 24.3 Å². The minimum absolute atomic E-state index is 0. The van der Waals surface area contributed by atoms with Crippen LogP contribution in [0, 0.1) is 0 Å². The molecule has 0 aromatic heterocycles. The van der Waals surface area contributed by atoms with Gasteiger partial charge in [0.1, 0.15) is 5.75 Å². The van der Waals surface area contributed by atoms with Crippen molar-refractivity contribution in [3.05, 3.63) is 62.9 Å². The molecule has 0 spiro atoms. The van der Waals surface area contributed by atoms with E-state index in [2.05, 4.69) is 16.1 Å². The molecule has 0 unspecified atom stereocenters. The quantitative estimate of drug-likeness (QED) is 0.732. The predicted molar refractivity (Wildman–Crippen MR) is 108 cm³/mol. The molecule has 0 saturated heterocycles. The number of nitrogens with one attached hydrogen (secondary N) is 1. The first-order chi connectivity index (χ1) is 13.4. The Kier molecular flexibility index (Phi) is 6.94. The van der Waals surface area contributed by atoms with Gasteiger partial charge in [0, 0.05) is 0 Å². The van der Waals surface area contributed by atoms with E-state index in [-0.39, 0.29) is 35.3 Å².